The number of urea groups is 1. The predicted molar refractivity (Wildman–Crippen MR) is 103 cm³/mol. The molecular formula is C20H20FN3O6. The summed E-state index contributed by atoms with van der Waals surface area (Å²) in [5.74, 6) is -1.03. The van der Waals surface area contributed by atoms with Gasteiger partial charge < -0.3 is 15.2 Å². The number of non-ortho nitro benzene ring substituents is 1. The number of hydrogen-bond acceptors (Lipinski definition) is 6. The molecule has 0 radical (unpaired) electrons. The number of nitro benzene ring substituents is 1. The molecule has 0 bridgehead atoms. The monoisotopic (exact) mass is 417 g/mol. The summed E-state index contributed by atoms with van der Waals surface area (Å²) in [7, 11) is 0. The molecule has 1 fully saturated rings. The number of aliphatic hydroxyl groups is 1. The number of ether oxygens (including phenoxy) is 1. The number of carbonyl (C=O) groups excluding carboxylic acids is 2. The number of aliphatic hydroxyl groups excluding tert-OH is 1. The van der Waals surface area contributed by atoms with Gasteiger partial charge in [-0.05, 0) is 30.7 Å². The van der Waals surface area contributed by atoms with Gasteiger partial charge in [0.2, 0.25) is 0 Å². The van der Waals surface area contributed by atoms with Crippen LogP contribution in [-0.2, 0) is 21.7 Å². The van der Waals surface area contributed by atoms with Gasteiger partial charge in [-0.15, -0.1) is 0 Å². The first-order valence-corrected chi connectivity index (χ1v) is 9.10. The van der Waals surface area contributed by atoms with Crippen LogP contribution in [-0.4, -0.2) is 46.1 Å². The molecule has 2 aromatic carbocycles. The van der Waals surface area contributed by atoms with Crippen molar-refractivity contribution in [2.75, 3.05) is 13.2 Å². The van der Waals surface area contributed by atoms with E-state index in [-0.39, 0.29) is 25.4 Å². The van der Waals surface area contributed by atoms with Gasteiger partial charge >= 0.3 is 6.03 Å². The number of rotatable bonds is 8. The standard InChI is InChI=1S/C20H20FN3O6/c1-20(14-6-8-15(9-7-14)24(28)29)18(26)23(19(27)22-20)10-16(25)12-30-11-13-4-2-3-5-17(13)21/h2-9,16,25H,10-12H2,1H3,(H,22,27)/t16-,20+/m0/s1. The number of hydrogen-bond donors (Lipinski definition) is 2. The molecule has 9 nitrogen and oxygen atoms in total. The van der Waals surface area contributed by atoms with Crippen LogP contribution in [0, 0.1) is 15.9 Å². The number of benzene rings is 2. The van der Waals surface area contributed by atoms with Gasteiger partial charge in [0.25, 0.3) is 11.6 Å². The molecule has 2 atom stereocenters. The minimum Gasteiger partial charge on any atom is -0.389 e. The maximum atomic E-state index is 13.6. The van der Waals surface area contributed by atoms with Gasteiger partial charge in [-0.3, -0.25) is 19.8 Å². The molecule has 0 aliphatic carbocycles. The highest BCUT2D eigenvalue weighted by Crippen LogP contribution is 2.30. The van der Waals surface area contributed by atoms with Gasteiger partial charge in [0.15, 0.2) is 0 Å². The van der Waals surface area contributed by atoms with Gasteiger partial charge in [-0.1, -0.05) is 18.2 Å². The average molecular weight is 417 g/mol. The fourth-order valence-corrected chi connectivity index (χ4v) is 3.16. The van der Waals surface area contributed by atoms with Crippen molar-refractivity contribution < 1.29 is 28.7 Å². The molecule has 0 saturated carbocycles. The highest BCUT2D eigenvalue weighted by Gasteiger charge is 2.49. The third-order valence-electron chi connectivity index (χ3n) is 4.85. The van der Waals surface area contributed by atoms with E-state index in [1.165, 1.54) is 37.3 Å². The van der Waals surface area contributed by atoms with Crippen LogP contribution in [0.2, 0.25) is 0 Å². The minimum atomic E-state index is -1.42. The smallest absolute Gasteiger partial charge is 0.325 e. The highest BCUT2D eigenvalue weighted by atomic mass is 19.1. The summed E-state index contributed by atoms with van der Waals surface area (Å²) in [6.07, 6.45) is -1.18. The van der Waals surface area contributed by atoms with Crippen LogP contribution in [0.4, 0.5) is 14.9 Å². The molecule has 1 aliphatic rings. The first-order chi connectivity index (χ1) is 14.2. The van der Waals surface area contributed by atoms with E-state index >= 15 is 0 Å². The van der Waals surface area contributed by atoms with Crippen molar-refractivity contribution in [2.45, 2.75) is 25.2 Å². The topological polar surface area (TPSA) is 122 Å². The third-order valence-corrected chi connectivity index (χ3v) is 4.85. The summed E-state index contributed by atoms with van der Waals surface area (Å²) in [5.41, 5.74) is -0.858. The maximum absolute atomic E-state index is 13.6. The van der Waals surface area contributed by atoms with E-state index in [1.54, 1.807) is 18.2 Å². The summed E-state index contributed by atoms with van der Waals surface area (Å²) >= 11 is 0. The van der Waals surface area contributed by atoms with E-state index < -0.39 is 34.3 Å². The lowest BCUT2D eigenvalue weighted by molar-refractivity contribution is -0.384. The fourth-order valence-electron chi connectivity index (χ4n) is 3.16. The Morgan fingerprint density at radius 3 is 2.53 bits per heavy atom. The first-order valence-electron chi connectivity index (χ1n) is 9.10. The normalized spacial score (nSPS) is 19.6. The van der Waals surface area contributed by atoms with Crippen LogP contribution in [0.15, 0.2) is 48.5 Å². The van der Waals surface area contributed by atoms with E-state index in [0.29, 0.717) is 11.1 Å². The van der Waals surface area contributed by atoms with E-state index in [2.05, 4.69) is 5.32 Å². The summed E-state index contributed by atoms with van der Waals surface area (Å²) in [6, 6.07) is 10.6. The summed E-state index contributed by atoms with van der Waals surface area (Å²) < 4.78 is 18.9. The number of nitrogens with one attached hydrogen (secondary N) is 1. The van der Waals surface area contributed by atoms with Crippen LogP contribution < -0.4 is 5.32 Å². The average Bonchev–Trinajstić information content (AvgIpc) is 2.93. The van der Waals surface area contributed by atoms with Crippen LogP contribution in [0.5, 0.6) is 0 Å². The molecule has 30 heavy (non-hydrogen) atoms. The van der Waals surface area contributed by atoms with Crippen molar-refractivity contribution in [1.82, 2.24) is 10.2 Å². The number of amides is 3. The first kappa shape index (κ1) is 21.3. The largest absolute Gasteiger partial charge is 0.389 e. The Hall–Kier alpha value is -3.37. The third kappa shape index (κ3) is 4.29. The van der Waals surface area contributed by atoms with Gasteiger partial charge in [-0.25, -0.2) is 9.18 Å². The summed E-state index contributed by atoms with van der Waals surface area (Å²) in [5, 5.41) is 23.5. The summed E-state index contributed by atoms with van der Waals surface area (Å²) in [4.78, 5) is 36.2. The van der Waals surface area contributed by atoms with Gasteiger partial charge in [0.05, 0.1) is 30.8 Å². The number of halogens is 1. The van der Waals surface area contributed by atoms with Gasteiger partial charge in [0.1, 0.15) is 11.4 Å². The maximum Gasteiger partial charge on any atom is 0.325 e. The number of nitrogens with zero attached hydrogens (tertiary/aromatic N) is 2. The van der Waals surface area contributed by atoms with Crippen LogP contribution in [0.25, 0.3) is 0 Å². The summed E-state index contributed by atoms with van der Waals surface area (Å²) in [6.45, 7) is 0.893. The minimum absolute atomic E-state index is 0.0651. The van der Waals surface area contributed by atoms with Crippen molar-refractivity contribution in [3.8, 4) is 0 Å². The van der Waals surface area contributed by atoms with E-state index in [1.807, 2.05) is 0 Å². The van der Waals surface area contributed by atoms with Gasteiger partial charge in [-0.2, -0.15) is 0 Å². The lowest BCUT2D eigenvalue weighted by atomic mass is 9.92. The molecular weight excluding hydrogens is 397 g/mol. The van der Waals surface area contributed by atoms with E-state index in [4.69, 9.17) is 4.74 Å². The molecule has 1 aliphatic heterocycles. The molecule has 1 saturated heterocycles. The fraction of sp³-hybridized carbons (Fsp3) is 0.300. The van der Waals surface area contributed by atoms with Crippen molar-refractivity contribution in [1.29, 1.82) is 0 Å². The Balaban J connectivity index is 1.61. The Morgan fingerprint density at radius 2 is 1.90 bits per heavy atom. The molecule has 3 rings (SSSR count). The van der Waals surface area contributed by atoms with Crippen LogP contribution >= 0.6 is 0 Å². The zero-order valence-corrected chi connectivity index (χ0v) is 16.1. The second kappa shape index (κ2) is 8.56. The molecule has 158 valence electrons. The Bertz CT molecular complexity index is 967. The highest BCUT2D eigenvalue weighted by molar-refractivity contribution is 6.07. The molecule has 1 heterocycles. The van der Waals surface area contributed by atoms with Crippen LogP contribution in [0.1, 0.15) is 18.1 Å². The van der Waals surface area contributed by atoms with E-state index in [9.17, 15) is 29.2 Å². The molecule has 3 amide bonds. The molecule has 0 aromatic heterocycles. The molecule has 0 spiro atoms. The molecule has 0 unspecified atom stereocenters. The Labute approximate surface area is 171 Å². The van der Waals surface area contributed by atoms with Crippen molar-refractivity contribution in [3.63, 3.8) is 0 Å². The Morgan fingerprint density at radius 1 is 1.23 bits per heavy atom. The van der Waals surface area contributed by atoms with Crippen molar-refractivity contribution in [2.24, 2.45) is 0 Å². The Kier molecular flexibility index (Phi) is 6.09. The van der Waals surface area contributed by atoms with Gasteiger partial charge in [0, 0.05) is 17.7 Å². The van der Waals surface area contributed by atoms with Crippen molar-refractivity contribution >= 4 is 17.6 Å². The second-order valence-electron chi connectivity index (χ2n) is 7.04. The predicted octanol–water partition coefficient (Wildman–Crippen LogP) is 2.08. The molecule has 10 heteroatoms. The SMILES string of the molecule is C[C@]1(c2ccc([N+](=O)[O-])cc2)NC(=O)N(C[C@H](O)COCc2ccccc2F)C1=O. The number of imide groups is 1. The quantitative estimate of drug-likeness (QED) is 0.385. The van der Waals surface area contributed by atoms with Crippen LogP contribution in [0.3, 0.4) is 0 Å². The lowest BCUT2D eigenvalue weighted by Crippen LogP contribution is -2.42. The second-order valence-corrected chi connectivity index (χ2v) is 7.04. The molecule has 2 N–H and O–H groups in total. The van der Waals surface area contributed by atoms with Crippen molar-refractivity contribution in [3.05, 3.63) is 75.6 Å². The zero-order chi connectivity index (χ0) is 21.9. The number of nitro groups is 1. The molecule has 2 aromatic rings. The zero-order valence-electron chi connectivity index (χ0n) is 16.1. The lowest BCUT2D eigenvalue weighted by Gasteiger charge is -2.23. The number of β-amino-alcohol motifs (C(OH)–C–C–N with tert-alkyl or cyclic N) is 1. The number of carbonyl (C=O) groups is 2. The van der Waals surface area contributed by atoms with E-state index in [0.717, 1.165) is 4.90 Å².